The lowest BCUT2D eigenvalue weighted by Crippen LogP contribution is -2.41. The Morgan fingerprint density at radius 2 is 2.21 bits per heavy atom. The summed E-state index contributed by atoms with van der Waals surface area (Å²) >= 11 is 1.88. The molecule has 2 rings (SSSR count). The van der Waals surface area contributed by atoms with Gasteiger partial charge in [0.05, 0.1) is 6.54 Å². The molecule has 0 saturated heterocycles. The third-order valence-corrected chi connectivity index (χ3v) is 4.23. The number of hydrogen-bond acceptors (Lipinski definition) is 3. The van der Waals surface area contributed by atoms with Crippen molar-refractivity contribution < 1.29 is 0 Å². The van der Waals surface area contributed by atoms with E-state index < -0.39 is 0 Å². The molecule has 1 fully saturated rings. The highest BCUT2D eigenvalue weighted by Crippen LogP contribution is 2.29. The highest BCUT2D eigenvalue weighted by atomic mass is 32.2. The first-order valence-corrected chi connectivity index (χ1v) is 6.68. The van der Waals surface area contributed by atoms with Gasteiger partial charge < -0.3 is 5.32 Å². The van der Waals surface area contributed by atoms with Crippen LogP contribution in [0.25, 0.3) is 0 Å². The molecule has 0 radical (unpaired) electrons. The zero-order valence-corrected chi connectivity index (χ0v) is 9.94. The fraction of sp³-hybridized carbons (Fsp3) is 0.909. The van der Waals surface area contributed by atoms with E-state index in [1.807, 2.05) is 11.8 Å². The molecule has 0 aromatic heterocycles. The minimum absolute atomic E-state index is 0.676. The second-order valence-electron chi connectivity index (χ2n) is 4.68. The molecule has 0 bridgehead atoms. The lowest BCUT2D eigenvalue weighted by atomic mass is 9.80. The molecule has 3 atom stereocenters. The van der Waals surface area contributed by atoms with Crippen molar-refractivity contribution in [1.29, 1.82) is 0 Å². The van der Waals surface area contributed by atoms with Gasteiger partial charge in [-0.15, -0.1) is 0 Å². The molecule has 1 saturated carbocycles. The number of amidine groups is 1. The highest BCUT2D eigenvalue weighted by Gasteiger charge is 2.26. The molecule has 3 heteroatoms. The number of nitrogens with one attached hydrogen (secondary N) is 1. The van der Waals surface area contributed by atoms with Crippen LogP contribution in [0.2, 0.25) is 0 Å². The average molecular weight is 212 g/mol. The predicted octanol–water partition coefficient (Wildman–Crippen LogP) is 2.50. The van der Waals surface area contributed by atoms with Gasteiger partial charge in [0.2, 0.25) is 0 Å². The van der Waals surface area contributed by atoms with Crippen LogP contribution in [-0.2, 0) is 0 Å². The van der Waals surface area contributed by atoms with Gasteiger partial charge in [-0.3, -0.25) is 4.99 Å². The SMILES string of the molecule is CC1CCC(NC2=NCCS2)C(C)C1. The maximum absolute atomic E-state index is 4.45. The van der Waals surface area contributed by atoms with Gasteiger partial charge in [0, 0.05) is 11.8 Å². The van der Waals surface area contributed by atoms with E-state index in [4.69, 9.17) is 0 Å². The van der Waals surface area contributed by atoms with E-state index in [0.29, 0.717) is 6.04 Å². The number of nitrogens with zero attached hydrogens (tertiary/aromatic N) is 1. The van der Waals surface area contributed by atoms with Crippen molar-refractivity contribution in [2.75, 3.05) is 12.3 Å². The van der Waals surface area contributed by atoms with Gasteiger partial charge >= 0.3 is 0 Å². The summed E-state index contributed by atoms with van der Waals surface area (Å²) in [4.78, 5) is 4.45. The Morgan fingerprint density at radius 1 is 1.36 bits per heavy atom. The fourth-order valence-corrected chi connectivity index (χ4v) is 3.25. The van der Waals surface area contributed by atoms with Gasteiger partial charge in [0.1, 0.15) is 0 Å². The van der Waals surface area contributed by atoms with Crippen LogP contribution in [0, 0.1) is 11.8 Å². The Kier molecular flexibility index (Phi) is 3.37. The van der Waals surface area contributed by atoms with Crippen molar-refractivity contribution in [2.45, 2.75) is 39.2 Å². The van der Waals surface area contributed by atoms with E-state index in [-0.39, 0.29) is 0 Å². The van der Waals surface area contributed by atoms with E-state index in [1.165, 1.54) is 30.2 Å². The Morgan fingerprint density at radius 3 is 2.86 bits per heavy atom. The molecule has 0 spiro atoms. The maximum atomic E-state index is 4.45. The van der Waals surface area contributed by atoms with Crippen molar-refractivity contribution in [3.63, 3.8) is 0 Å². The molecule has 2 aliphatic rings. The van der Waals surface area contributed by atoms with E-state index in [1.54, 1.807) is 0 Å². The predicted molar refractivity (Wildman–Crippen MR) is 63.9 cm³/mol. The van der Waals surface area contributed by atoms with Gasteiger partial charge in [-0.1, -0.05) is 25.6 Å². The number of aliphatic imine (C=N–C) groups is 1. The van der Waals surface area contributed by atoms with Gasteiger partial charge in [-0.05, 0) is 31.1 Å². The summed E-state index contributed by atoms with van der Waals surface area (Å²) in [5.41, 5.74) is 0. The Balaban J connectivity index is 1.85. The molecular weight excluding hydrogens is 192 g/mol. The highest BCUT2D eigenvalue weighted by molar-refractivity contribution is 8.14. The number of rotatable bonds is 1. The van der Waals surface area contributed by atoms with Crippen LogP contribution in [0.4, 0.5) is 0 Å². The third-order valence-electron chi connectivity index (χ3n) is 3.33. The molecule has 0 amide bonds. The fourth-order valence-electron chi connectivity index (χ4n) is 2.46. The molecule has 0 aromatic carbocycles. The first kappa shape index (κ1) is 10.3. The summed E-state index contributed by atoms with van der Waals surface area (Å²) in [6.07, 6.45) is 4.07. The quantitative estimate of drug-likeness (QED) is 0.722. The molecule has 3 unspecified atom stereocenters. The van der Waals surface area contributed by atoms with Crippen molar-refractivity contribution in [3.05, 3.63) is 0 Å². The molecule has 2 nitrogen and oxygen atoms in total. The molecule has 1 aliphatic carbocycles. The van der Waals surface area contributed by atoms with Crippen LogP contribution in [-0.4, -0.2) is 23.5 Å². The zero-order chi connectivity index (χ0) is 9.97. The monoisotopic (exact) mass is 212 g/mol. The second kappa shape index (κ2) is 4.56. The van der Waals surface area contributed by atoms with Crippen molar-refractivity contribution in [1.82, 2.24) is 5.32 Å². The molecule has 1 aliphatic heterocycles. The summed E-state index contributed by atoms with van der Waals surface area (Å²) in [5, 5.41) is 4.79. The lowest BCUT2D eigenvalue weighted by molar-refractivity contribution is 0.248. The maximum Gasteiger partial charge on any atom is 0.156 e. The van der Waals surface area contributed by atoms with Crippen LogP contribution in [0.3, 0.4) is 0 Å². The van der Waals surface area contributed by atoms with Crippen molar-refractivity contribution in [2.24, 2.45) is 16.8 Å². The molecule has 0 aromatic rings. The van der Waals surface area contributed by atoms with E-state index in [2.05, 4.69) is 24.2 Å². The van der Waals surface area contributed by atoms with E-state index >= 15 is 0 Å². The molecule has 1 N–H and O–H groups in total. The van der Waals surface area contributed by atoms with E-state index in [9.17, 15) is 0 Å². The molecule has 80 valence electrons. The summed E-state index contributed by atoms with van der Waals surface area (Å²) in [6, 6.07) is 0.676. The minimum Gasteiger partial charge on any atom is -0.362 e. The van der Waals surface area contributed by atoms with Crippen LogP contribution >= 0.6 is 11.8 Å². The third kappa shape index (κ3) is 2.44. The Labute approximate surface area is 90.9 Å². The first-order chi connectivity index (χ1) is 6.75. The summed E-state index contributed by atoms with van der Waals surface area (Å²) in [5.74, 6) is 2.89. The van der Waals surface area contributed by atoms with E-state index in [0.717, 1.165) is 18.4 Å². The van der Waals surface area contributed by atoms with Crippen LogP contribution < -0.4 is 5.32 Å². The lowest BCUT2D eigenvalue weighted by Gasteiger charge is -2.33. The van der Waals surface area contributed by atoms with Gasteiger partial charge in [-0.2, -0.15) is 0 Å². The van der Waals surface area contributed by atoms with Crippen molar-refractivity contribution in [3.8, 4) is 0 Å². The smallest absolute Gasteiger partial charge is 0.156 e. The van der Waals surface area contributed by atoms with Gasteiger partial charge in [0.15, 0.2) is 5.17 Å². The van der Waals surface area contributed by atoms with Crippen LogP contribution in [0.1, 0.15) is 33.1 Å². The Bertz CT molecular complexity index is 227. The average Bonchev–Trinajstić information content (AvgIpc) is 2.62. The summed E-state index contributed by atoms with van der Waals surface area (Å²) in [7, 11) is 0. The molecular formula is C11H20N2S. The normalized spacial score (nSPS) is 38.1. The second-order valence-corrected chi connectivity index (χ2v) is 5.77. The summed E-state index contributed by atoms with van der Waals surface area (Å²) in [6.45, 7) is 5.74. The van der Waals surface area contributed by atoms with Gasteiger partial charge in [0.25, 0.3) is 0 Å². The standard InChI is InChI=1S/C11H20N2S/c1-8-3-4-10(9(2)7-8)13-11-12-5-6-14-11/h8-10H,3-7H2,1-2H3,(H,12,13). The topological polar surface area (TPSA) is 24.4 Å². The number of hydrogen-bond donors (Lipinski definition) is 1. The number of thioether (sulfide) groups is 1. The summed E-state index contributed by atoms with van der Waals surface area (Å²) < 4.78 is 0. The first-order valence-electron chi connectivity index (χ1n) is 5.69. The van der Waals surface area contributed by atoms with Gasteiger partial charge in [-0.25, -0.2) is 0 Å². The Hall–Kier alpha value is -0.180. The largest absolute Gasteiger partial charge is 0.362 e. The minimum atomic E-state index is 0.676. The van der Waals surface area contributed by atoms with Crippen LogP contribution in [0.15, 0.2) is 4.99 Å². The molecule has 14 heavy (non-hydrogen) atoms. The van der Waals surface area contributed by atoms with Crippen LogP contribution in [0.5, 0.6) is 0 Å². The van der Waals surface area contributed by atoms with Crippen molar-refractivity contribution >= 4 is 16.9 Å². The molecule has 1 heterocycles. The zero-order valence-electron chi connectivity index (χ0n) is 9.12.